The predicted octanol–water partition coefficient (Wildman–Crippen LogP) is 1.69. The molecule has 0 spiro atoms. The Bertz CT molecular complexity index is 550. The van der Waals surface area contributed by atoms with Crippen molar-refractivity contribution in [2.24, 2.45) is 0 Å². The largest absolute Gasteiger partial charge is 0.398 e. The van der Waals surface area contributed by atoms with Gasteiger partial charge in [-0.2, -0.15) is 4.31 Å². The highest BCUT2D eigenvalue weighted by atomic mass is 79.9. The number of anilines is 1. The molecule has 3 N–H and O–H groups in total. The van der Waals surface area contributed by atoms with Crippen molar-refractivity contribution in [2.45, 2.75) is 17.9 Å². The fourth-order valence-electron chi connectivity index (χ4n) is 1.28. The number of benzene rings is 1. The van der Waals surface area contributed by atoms with Gasteiger partial charge in [0.15, 0.2) is 0 Å². The molecule has 0 radical (unpaired) electrons. The number of likely N-dealkylation sites (N-methyl/N-ethyl adjacent to an activating group) is 1. The fraction of sp³-hybridized carbons (Fsp3) is 0.400. The molecule has 0 aliphatic heterocycles. The van der Waals surface area contributed by atoms with Crippen LogP contribution in [0.2, 0.25) is 5.02 Å². The van der Waals surface area contributed by atoms with E-state index in [1.54, 1.807) is 6.92 Å². The first-order valence-corrected chi connectivity index (χ1v) is 7.66. The van der Waals surface area contributed by atoms with E-state index in [0.29, 0.717) is 0 Å². The summed E-state index contributed by atoms with van der Waals surface area (Å²) in [6, 6.07) is 2.24. The number of halogens is 2. The third-order valence-electron chi connectivity index (χ3n) is 2.57. The first-order chi connectivity index (χ1) is 8.21. The van der Waals surface area contributed by atoms with Gasteiger partial charge in [-0.3, -0.25) is 0 Å². The van der Waals surface area contributed by atoms with Gasteiger partial charge in [0.05, 0.1) is 16.0 Å². The zero-order chi connectivity index (χ0) is 14.1. The number of rotatable bonds is 4. The van der Waals surface area contributed by atoms with Crippen molar-refractivity contribution in [1.82, 2.24) is 4.31 Å². The summed E-state index contributed by atoms with van der Waals surface area (Å²) in [5.74, 6) is 0. The van der Waals surface area contributed by atoms with E-state index in [2.05, 4.69) is 15.9 Å². The molecule has 0 aliphatic rings. The minimum Gasteiger partial charge on any atom is -0.398 e. The van der Waals surface area contributed by atoms with Gasteiger partial charge in [-0.1, -0.05) is 11.6 Å². The second-order valence-electron chi connectivity index (χ2n) is 3.86. The molecule has 1 aromatic rings. The van der Waals surface area contributed by atoms with E-state index in [1.807, 2.05) is 0 Å². The number of nitrogens with zero attached hydrogens (tertiary/aromatic N) is 1. The summed E-state index contributed by atoms with van der Waals surface area (Å²) in [6.07, 6.45) is 0. The third kappa shape index (κ3) is 2.97. The van der Waals surface area contributed by atoms with Gasteiger partial charge in [-0.05, 0) is 35.0 Å². The number of hydrogen-bond donors (Lipinski definition) is 2. The maximum Gasteiger partial charge on any atom is 0.244 e. The maximum absolute atomic E-state index is 12.3. The molecule has 1 rings (SSSR count). The van der Waals surface area contributed by atoms with Crippen molar-refractivity contribution in [3.05, 3.63) is 21.6 Å². The predicted molar refractivity (Wildman–Crippen MR) is 75.1 cm³/mol. The number of nitrogens with two attached hydrogens (primary N) is 1. The maximum atomic E-state index is 12.3. The standard InChI is InChI=1S/C10H14BrClN2O3S/c1-6(5-15)14(2)18(16,17)9-4-7(12)3-8(13)10(9)11/h3-4,6,15H,5,13H2,1-2H3. The first kappa shape index (κ1) is 15.7. The Morgan fingerprint density at radius 3 is 2.61 bits per heavy atom. The van der Waals surface area contributed by atoms with Crippen LogP contribution in [0.3, 0.4) is 0 Å². The molecule has 0 aliphatic carbocycles. The van der Waals surface area contributed by atoms with Crippen molar-refractivity contribution in [3.8, 4) is 0 Å². The first-order valence-electron chi connectivity index (χ1n) is 5.05. The Morgan fingerprint density at radius 1 is 1.56 bits per heavy atom. The molecule has 18 heavy (non-hydrogen) atoms. The molecule has 1 aromatic carbocycles. The van der Waals surface area contributed by atoms with Crippen LogP contribution >= 0.6 is 27.5 Å². The molecule has 8 heteroatoms. The Kier molecular flexibility index (Phi) is 5.02. The topological polar surface area (TPSA) is 83.6 Å². The van der Waals surface area contributed by atoms with Gasteiger partial charge >= 0.3 is 0 Å². The highest BCUT2D eigenvalue weighted by Gasteiger charge is 2.28. The van der Waals surface area contributed by atoms with E-state index in [0.717, 1.165) is 4.31 Å². The average molecular weight is 358 g/mol. The summed E-state index contributed by atoms with van der Waals surface area (Å²) in [5, 5.41) is 9.26. The molecule has 0 heterocycles. The highest BCUT2D eigenvalue weighted by Crippen LogP contribution is 2.33. The molecule has 0 bridgehead atoms. The summed E-state index contributed by atoms with van der Waals surface area (Å²) >= 11 is 8.95. The van der Waals surface area contributed by atoms with E-state index in [1.165, 1.54) is 19.2 Å². The molecular formula is C10H14BrClN2O3S. The average Bonchev–Trinajstić information content (AvgIpc) is 2.31. The number of aliphatic hydroxyl groups is 1. The van der Waals surface area contributed by atoms with Crippen molar-refractivity contribution in [2.75, 3.05) is 19.4 Å². The van der Waals surface area contributed by atoms with E-state index in [9.17, 15) is 8.42 Å². The quantitative estimate of drug-likeness (QED) is 0.803. The minimum absolute atomic E-state index is 0.0182. The van der Waals surface area contributed by atoms with Gasteiger partial charge in [-0.15, -0.1) is 0 Å². The molecule has 0 amide bonds. The number of nitrogen functional groups attached to an aromatic ring is 1. The zero-order valence-corrected chi connectivity index (χ0v) is 13.1. The lowest BCUT2D eigenvalue weighted by atomic mass is 10.3. The van der Waals surface area contributed by atoms with Crippen LogP contribution in [0.5, 0.6) is 0 Å². The van der Waals surface area contributed by atoms with Crippen LogP contribution in [0.15, 0.2) is 21.5 Å². The minimum atomic E-state index is -3.76. The van der Waals surface area contributed by atoms with E-state index >= 15 is 0 Å². The van der Waals surface area contributed by atoms with Crippen LogP contribution in [-0.2, 0) is 10.0 Å². The second kappa shape index (κ2) is 5.75. The number of hydrogen-bond acceptors (Lipinski definition) is 4. The van der Waals surface area contributed by atoms with Crippen LogP contribution in [0.25, 0.3) is 0 Å². The Labute approximate surface area is 120 Å². The SMILES string of the molecule is CC(CO)N(C)S(=O)(=O)c1cc(Cl)cc(N)c1Br. The van der Waals surface area contributed by atoms with Crippen LogP contribution < -0.4 is 5.73 Å². The van der Waals surface area contributed by atoms with Gasteiger partial charge in [0.25, 0.3) is 0 Å². The van der Waals surface area contributed by atoms with Crippen molar-refractivity contribution < 1.29 is 13.5 Å². The number of aliphatic hydroxyl groups excluding tert-OH is 1. The molecule has 0 aromatic heterocycles. The van der Waals surface area contributed by atoms with Gasteiger partial charge in [-0.25, -0.2) is 8.42 Å². The fourth-order valence-corrected chi connectivity index (χ4v) is 3.88. The van der Waals surface area contributed by atoms with Crippen LogP contribution in [0.1, 0.15) is 6.92 Å². The van der Waals surface area contributed by atoms with E-state index < -0.39 is 16.1 Å². The Morgan fingerprint density at radius 2 is 2.11 bits per heavy atom. The zero-order valence-electron chi connectivity index (χ0n) is 9.89. The highest BCUT2D eigenvalue weighted by molar-refractivity contribution is 9.10. The monoisotopic (exact) mass is 356 g/mol. The lowest BCUT2D eigenvalue weighted by Crippen LogP contribution is -2.37. The van der Waals surface area contributed by atoms with Crippen LogP contribution in [0.4, 0.5) is 5.69 Å². The number of sulfonamides is 1. The summed E-state index contributed by atoms with van der Waals surface area (Å²) < 4.78 is 26.0. The van der Waals surface area contributed by atoms with Crippen molar-refractivity contribution in [3.63, 3.8) is 0 Å². The normalized spacial score (nSPS) is 13.9. The van der Waals surface area contributed by atoms with E-state index in [-0.39, 0.29) is 26.7 Å². The van der Waals surface area contributed by atoms with Crippen LogP contribution in [0, 0.1) is 0 Å². The lowest BCUT2D eigenvalue weighted by molar-refractivity contribution is 0.214. The summed E-state index contributed by atoms with van der Waals surface area (Å²) in [7, 11) is -2.38. The smallest absolute Gasteiger partial charge is 0.244 e. The molecular weight excluding hydrogens is 344 g/mol. The molecule has 5 nitrogen and oxygen atoms in total. The molecule has 1 atom stereocenters. The molecule has 102 valence electrons. The Balaban J connectivity index is 3.37. The molecule has 1 unspecified atom stereocenters. The van der Waals surface area contributed by atoms with Crippen molar-refractivity contribution in [1.29, 1.82) is 0 Å². The third-order valence-corrected chi connectivity index (χ3v) is 5.94. The van der Waals surface area contributed by atoms with Crippen molar-refractivity contribution >= 4 is 43.2 Å². The Hall–Kier alpha value is -0.340. The molecule has 0 fully saturated rings. The summed E-state index contributed by atoms with van der Waals surface area (Å²) in [5.41, 5.74) is 5.91. The van der Waals surface area contributed by atoms with E-state index in [4.69, 9.17) is 22.4 Å². The van der Waals surface area contributed by atoms with Gasteiger partial charge in [0.1, 0.15) is 0 Å². The van der Waals surface area contributed by atoms with Gasteiger partial charge in [0, 0.05) is 23.8 Å². The van der Waals surface area contributed by atoms with Gasteiger partial charge < -0.3 is 10.8 Å². The molecule has 0 saturated heterocycles. The summed E-state index contributed by atoms with van der Waals surface area (Å²) in [4.78, 5) is -0.0182. The second-order valence-corrected chi connectivity index (χ2v) is 7.06. The summed E-state index contributed by atoms with van der Waals surface area (Å²) in [6.45, 7) is 1.32. The lowest BCUT2D eigenvalue weighted by Gasteiger charge is -2.23. The van der Waals surface area contributed by atoms with Crippen LogP contribution in [-0.4, -0.2) is 37.5 Å². The van der Waals surface area contributed by atoms with Gasteiger partial charge in [0.2, 0.25) is 10.0 Å². The molecule has 0 saturated carbocycles.